The van der Waals surface area contributed by atoms with E-state index in [4.69, 9.17) is 10.5 Å². The highest BCUT2D eigenvalue weighted by atomic mass is 16.5. The Labute approximate surface area is 153 Å². The Morgan fingerprint density at radius 2 is 1.96 bits per heavy atom. The van der Waals surface area contributed by atoms with Gasteiger partial charge in [-0.05, 0) is 51.4 Å². The molecule has 2 fully saturated rings. The summed E-state index contributed by atoms with van der Waals surface area (Å²) in [6, 6.07) is 0.377. The highest BCUT2D eigenvalue weighted by Gasteiger charge is 2.24. The number of nitrogens with one attached hydrogen (secondary N) is 2. The zero-order chi connectivity index (χ0) is 18.5. The summed E-state index contributed by atoms with van der Waals surface area (Å²) >= 11 is 0. The average Bonchev–Trinajstić information content (AvgIpc) is 2.62. The van der Waals surface area contributed by atoms with Crippen molar-refractivity contribution in [1.82, 2.24) is 9.97 Å². The molecule has 2 saturated carbocycles. The van der Waals surface area contributed by atoms with Gasteiger partial charge >= 0.3 is 0 Å². The van der Waals surface area contributed by atoms with Gasteiger partial charge in [0.15, 0.2) is 0 Å². The van der Waals surface area contributed by atoms with Crippen LogP contribution in [-0.4, -0.2) is 52.4 Å². The summed E-state index contributed by atoms with van der Waals surface area (Å²) in [5, 5.41) is 16.5. The van der Waals surface area contributed by atoms with E-state index < -0.39 is 5.91 Å². The van der Waals surface area contributed by atoms with Gasteiger partial charge in [0.05, 0.1) is 17.8 Å². The lowest BCUT2D eigenvalue weighted by Crippen LogP contribution is -2.32. The molecule has 0 saturated heterocycles. The van der Waals surface area contributed by atoms with E-state index in [0.717, 1.165) is 44.9 Å². The number of amides is 1. The zero-order valence-electron chi connectivity index (χ0n) is 15.3. The molecule has 1 amide bonds. The summed E-state index contributed by atoms with van der Waals surface area (Å²) in [4.78, 5) is 20.5. The summed E-state index contributed by atoms with van der Waals surface area (Å²) in [6.07, 6.45) is 8.86. The van der Waals surface area contributed by atoms with Crippen LogP contribution in [0.5, 0.6) is 0 Å². The van der Waals surface area contributed by atoms with Crippen molar-refractivity contribution in [2.45, 2.75) is 75.7 Å². The quantitative estimate of drug-likeness (QED) is 0.606. The molecule has 0 aromatic carbocycles. The van der Waals surface area contributed by atoms with Crippen LogP contribution in [0.3, 0.4) is 0 Å². The normalized spacial score (nSPS) is 29.2. The van der Waals surface area contributed by atoms with E-state index in [2.05, 4.69) is 20.6 Å². The van der Waals surface area contributed by atoms with E-state index in [-0.39, 0.29) is 17.7 Å². The molecule has 2 atom stereocenters. The number of carbonyl (C=O) groups is 1. The van der Waals surface area contributed by atoms with Crippen molar-refractivity contribution in [2.24, 2.45) is 5.73 Å². The standard InChI is InChI=1S/C18H29N5O3/c1-26-14-7-5-11(6-8-14)22-18-20-10-15(16(19)25)17(23-18)21-12-3-2-4-13(24)9-12/h10-14,24H,2-9H2,1H3,(H2,19,25)(H2,20,21,22,23)/t11-,12-,13-,14-/m1/s1. The molecule has 26 heavy (non-hydrogen) atoms. The molecule has 3 rings (SSSR count). The molecule has 5 N–H and O–H groups in total. The second-order valence-electron chi connectivity index (χ2n) is 7.34. The maximum atomic E-state index is 11.7. The van der Waals surface area contributed by atoms with E-state index in [1.54, 1.807) is 7.11 Å². The number of nitrogens with two attached hydrogens (primary N) is 1. The van der Waals surface area contributed by atoms with E-state index in [1.165, 1.54) is 6.20 Å². The van der Waals surface area contributed by atoms with Crippen LogP contribution in [0.15, 0.2) is 6.20 Å². The molecular weight excluding hydrogens is 334 g/mol. The van der Waals surface area contributed by atoms with Crippen LogP contribution in [0.1, 0.15) is 61.7 Å². The molecular formula is C18H29N5O3. The molecule has 0 bridgehead atoms. The van der Waals surface area contributed by atoms with Crippen molar-refractivity contribution in [1.29, 1.82) is 0 Å². The first-order chi connectivity index (χ1) is 12.5. The van der Waals surface area contributed by atoms with Crippen LogP contribution in [0.4, 0.5) is 11.8 Å². The van der Waals surface area contributed by atoms with E-state index in [9.17, 15) is 9.90 Å². The molecule has 8 heteroatoms. The highest BCUT2D eigenvalue weighted by Crippen LogP contribution is 2.25. The Morgan fingerprint density at radius 1 is 1.19 bits per heavy atom. The third kappa shape index (κ3) is 4.82. The topological polar surface area (TPSA) is 122 Å². The lowest BCUT2D eigenvalue weighted by molar-refractivity contribution is 0.0681. The molecule has 2 aliphatic carbocycles. The zero-order valence-corrected chi connectivity index (χ0v) is 15.3. The van der Waals surface area contributed by atoms with Gasteiger partial charge in [0, 0.05) is 25.4 Å². The highest BCUT2D eigenvalue weighted by molar-refractivity contribution is 5.97. The van der Waals surface area contributed by atoms with Crippen molar-refractivity contribution >= 4 is 17.7 Å². The first kappa shape index (κ1) is 18.8. The summed E-state index contributed by atoms with van der Waals surface area (Å²) < 4.78 is 5.40. The third-order valence-electron chi connectivity index (χ3n) is 5.38. The fourth-order valence-corrected chi connectivity index (χ4v) is 3.86. The van der Waals surface area contributed by atoms with Crippen molar-refractivity contribution in [3.8, 4) is 0 Å². The number of carbonyl (C=O) groups excluding carboxylic acids is 1. The summed E-state index contributed by atoms with van der Waals surface area (Å²) in [7, 11) is 1.75. The number of aliphatic hydroxyl groups excluding tert-OH is 1. The van der Waals surface area contributed by atoms with Gasteiger partial charge in [0.2, 0.25) is 5.95 Å². The third-order valence-corrected chi connectivity index (χ3v) is 5.38. The van der Waals surface area contributed by atoms with Crippen LogP contribution >= 0.6 is 0 Å². The van der Waals surface area contributed by atoms with E-state index >= 15 is 0 Å². The van der Waals surface area contributed by atoms with Gasteiger partial charge in [-0.2, -0.15) is 4.98 Å². The Kier molecular flexibility index (Phi) is 6.26. The Morgan fingerprint density at radius 3 is 2.62 bits per heavy atom. The molecule has 0 radical (unpaired) electrons. The summed E-state index contributed by atoms with van der Waals surface area (Å²) in [6.45, 7) is 0. The van der Waals surface area contributed by atoms with Crippen LogP contribution in [0, 0.1) is 0 Å². The van der Waals surface area contributed by atoms with Crippen LogP contribution in [0.25, 0.3) is 0 Å². The Hall–Kier alpha value is -1.93. The predicted octanol–water partition coefficient (Wildman–Crippen LogP) is 1.66. The maximum Gasteiger partial charge on any atom is 0.254 e. The van der Waals surface area contributed by atoms with Crippen LogP contribution < -0.4 is 16.4 Å². The maximum absolute atomic E-state index is 11.7. The molecule has 1 aromatic rings. The lowest BCUT2D eigenvalue weighted by Gasteiger charge is -2.29. The number of primary amides is 1. The van der Waals surface area contributed by atoms with Gasteiger partial charge < -0.3 is 26.2 Å². The minimum Gasteiger partial charge on any atom is -0.393 e. The van der Waals surface area contributed by atoms with E-state index in [1.807, 2.05) is 0 Å². The van der Waals surface area contributed by atoms with Gasteiger partial charge in [-0.15, -0.1) is 0 Å². The molecule has 2 aliphatic rings. The average molecular weight is 363 g/mol. The van der Waals surface area contributed by atoms with Gasteiger partial charge in [0.1, 0.15) is 5.82 Å². The molecule has 0 spiro atoms. The number of aliphatic hydroxyl groups is 1. The Balaban J connectivity index is 1.68. The molecule has 0 unspecified atom stereocenters. The van der Waals surface area contributed by atoms with Gasteiger partial charge in [-0.1, -0.05) is 0 Å². The number of hydrogen-bond donors (Lipinski definition) is 4. The number of ether oxygens (including phenoxy) is 1. The minimum absolute atomic E-state index is 0.0803. The molecule has 0 aliphatic heterocycles. The van der Waals surface area contributed by atoms with Gasteiger partial charge in [-0.3, -0.25) is 4.79 Å². The molecule has 1 aromatic heterocycles. The minimum atomic E-state index is -0.559. The fourth-order valence-electron chi connectivity index (χ4n) is 3.86. The van der Waals surface area contributed by atoms with Crippen LogP contribution in [0.2, 0.25) is 0 Å². The number of anilines is 2. The molecule has 8 nitrogen and oxygen atoms in total. The summed E-state index contributed by atoms with van der Waals surface area (Å²) in [5.74, 6) is 0.380. The monoisotopic (exact) mass is 363 g/mol. The van der Waals surface area contributed by atoms with E-state index in [0.29, 0.717) is 30.3 Å². The second kappa shape index (κ2) is 8.64. The lowest BCUT2D eigenvalue weighted by atomic mass is 9.93. The SMILES string of the molecule is CO[C@H]1CC[C@H](Nc2ncc(C(N)=O)c(N[C@@H]3CCC[C@@H](O)C3)n2)CC1. The Bertz CT molecular complexity index is 619. The first-order valence-electron chi connectivity index (χ1n) is 9.46. The smallest absolute Gasteiger partial charge is 0.254 e. The van der Waals surface area contributed by atoms with Gasteiger partial charge in [-0.25, -0.2) is 4.98 Å². The second-order valence-corrected chi connectivity index (χ2v) is 7.34. The van der Waals surface area contributed by atoms with Crippen molar-refractivity contribution in [2.75, 3.05) is 17.7 Å². The van der Waals surface area contributed by atoms with Crippen LogP contribution in [-0.2, 0) is 4.74 Å². The predicted molar refractivity (Wildman–Crippen MR) is 99.1 cm³/mol. The number of aromatic nitrogens is 2. The van der Waals surface area contributed by atoms with Gasteiger partial charge in [0.25, 0.3) is 5.91 Å². The van der Waals surface area contributed by atoms with Crippen molar-refractivity contribution in [3.05, 3.63) is 11.8 Å². The molecule has 144 valence electrons. The number of nitrogens with zero attached hydrogens (tertiary/aromatic N) is 2. The van der Waals surface area contributed by atoms with Crippen molar-refractivity contribution < 1.29 is 14.6 Å². The fraction of sp³-hybridized carbons (Fsp3) is 0.722. The first-order valence-corrected chi connectivity index (χ1v) is 9.46. The summed E-state index contributed by atoms with van der Waals surface area (Å²) in [5.41, 5.74) is 5.75. The largest absolute Gasteiger partial charge is 0.393 e. The number of methoxy groups -OCH3 is 1. The number of hydrogen-bond acceptors (Lipinski definition) is 7. The number of rotatable bonds is 6. The molecule has 1 heterocycles. The van der Waals surface area contributed by atoms with Crippen molar-refractivity contribution in [3.63, 3.8) is 0 Å².